The average molecular weight is 248 g/mol. The molecular weight excluding hydrogens is 224 g/mol. The van der Waals surface area contributed by atoms with E-state index in [4.69, 9.17) is 5.73 Å². The van der Waals surface area contributed by atoms with Crippen molar-refractivity contribution < 1.29 is 4.79 Å². The SMILES string of the molecule is CC(C)(CN)CNC(=O)CCCc1ccccc1. The minimum absolute atomic E-state index is 0.0188. The predicted octanol–water partition coefficient (Wildman–Crippen LogP) is 2.11. The van der Waals surface area contributed by atoms with Gasteiger partial charge in [-0.2, -0.15) is 0 Å². The molecule has 0 spiro atoms. The van der Waals surface area contributed by atoms with Crippen LogP contribution in [0.4, 0.5) is 0 Å². The Labute approximate surface area is 110 Å². The third-order valence-corrected chi connectivity index (χ3v) is 3.03. The molecule has 3 heteroatoms. The summed E-state index contributed by atoms with van der Waals surface area (Å²) >= 11 is 0. The summed E-state index contributed by atoms with van der Waals surface area (Å²) in [4.78, 5) is 11.6. The molecule has 0 aliphatic rings. The van der Waals surface area contributed by atoms with Crippen LogP contribution in [-0.4, -0.2) is 19.0 Å². The lowest BCUT2D eigenvalue weighted by Crippen LogP contribution is -2.38. The Morgan fingerprint density at radius 2 is 1.94 bits per heavy atom. The highest BCUT2D eigenvalue weighted by Crippen LogP contribution is 2.10. The molecule has 0 saturated carbocycles. The number of nitrogens with two attached hydrogens (primary N) is 1. The van der Waals surface area contributed by atoms with Crippen LogP contribution in [0.15, 0.2) is 30.3 Å². The van der Waals surface area contributed by atoms with E-state index >= 15 is 0 Å². The van der Waals surface area contributed by atoms with Gasteiger partial charge in [-0.15, -0.1) is 0 Å². The van der Waals surface area contributed by atoms with Crippen LogP contribution in [0.3, 0.4) is 0 Å². The van der Waals surface area contributed by atoms with Gasteiger partial charge in [0.25, 0.3) is 0 Å². The van der Waals surface area contributed by atoms with E-state index in [1.165, 1.54) is 5.56 Å². The molecule has 18 heavy (non-hydrogen) atoms. The largest absolute Gasteiger partial charge is 0.356 e. The van der Waals surface area contributed by atoms with Crippen LogP contribution >= 0.6 is 0 Å². The molecule has 1 rings (SSSR count). The van der Waals surface area contributed by atoms with Crippen molar-refractivity contribution in [2.24, 2.45) is 11.1 Å². The molecule has 0 aliphatic carbocycles. The number of nitrogens with one attached hydrogen (secondary N) is 1. The average Bonchev–Trinajstić information content (AvgIpc) is 2.38. The maximum Gasteiger partial charge on any atom is 0.220 e. The summed E-state index contributed by atoms with van der Waals surface area (Å²) in [6.07, 6.45) is 2.42. The van der Waals surface area contributed by atoms with Crippen LogP contribution < -0.4 is 11.1 Å². The Hall–Kier alpha value is -1.35. The minimum Gasteiger partial charge on any atom is -0.356 e. The van der Waals surface area contributed by atoms with Gasteiger partial charge in [0, 0.05) is 13.0 Å². The minimum atomic E-state index is -0.0188. The van der Waals surface area contributed by atoms with Gasteiger partial charge in [-0.05, 0) is 30.4 Å². The van der Waals surface area contributed by atoms with Gasteiger partial charge in [-0.3, -0.25) is 4.79 Å². The van der Waals surface area contributed by atoms with Gasteiger partial charge in [0.1, 0.15) is 0 Å². The van der Waals surface area contributed by atoms with Gasteiger partial charge in [0.2, 0.25) is 5.91 Å². The van der Waals surface area contributed by atoms with E-state index in [1.807, 2.05) is 18.2 Å². The van der Waals surface area contributed by atoms with Crippen LogP contribution in [0.2, 0.25) is 0 Å². The number of hydrogen-bond acceptors (Lipinski definition) is 2. The normalized spacial score (nSPS) is 11.3. The predicted molar refractivity (Wildman–Crippen MR) is 75.2 cm³/mol. The number of aryl methyl sites for hydroxylation is 1. The second-order valence-electron chi connectivity index (χ2n) is 5.48. The quantitative estimate of drug-likeness (QED) is 0.776. The van der Waals surface area contributed by atoms with Crippen molar-refractivity contribution in [3.05, 3.63) is 35.9 Å². The molecule has 0 bridgehead atoms. The molecule has 0 radical (unpaired) electrons. The standard InChI is InChI=1S/C15H24N2O/c1-15(2,11-16)12-17-14(18)10-6-9-13-7-4-3-5-8-13/h3-5,7-8H,6,9-12,16H2,1-2H3,(H,17,18). The molecule has 0 heterocycles. The van der Waals surface area contributed by atoms with E-state index in [2.05, 4.69) is 31.3 Å². The van der Waals surface area contributed by atoms with Crippen molar-refractivity contribution in [2.45, 2.75) is 33.1 Å². The van der Waals surface area contributed by atoms with Gasteiger partial charge < -0.3 is 11.1 Å². The summed E-state index contributed by atoms with van der Waals surface area (Å²) in [6.45, 7) is 5.33. The fraction of sp³-hybridized carbons (Fsp3) is 0.533. The summed E-state index contributed by atoms with van der Waals surface area (Å²) in [7, 11) is 0. The zero-order chi connectivity index (χ0) is 13.4. The van der Waals surface area contributed by atoms with E-state index in [0.717, 1.165) is 12.8 Å². The fourth-order valence-corrected chi connectivity index (χ4v) is 1.60. The van der Waals surface area contributed by atoms with E-state index in [-0.39, 0.29) is 11.3 Å². The highest BCUT2D eigenvalue weighted by molar-refractivity contribution is 5.75. The highest BCUT2D eigenvalue weighted by atomic mass is 16.1. The van der Waals surface area contributed by atoms with Crippen molar-refractivity contribution in [3.63, 3.8) is 0 Å². The lowest BCUT2D eigenvalue weighted by Gasteiger charge is -2.22. The Morgan fingerprint density at radius 3 is 2.56 bits per heavy atom. The van der Waals surface area contributed by atoms with E-state index in [9.17, 15) is 4.79 Å². The Kier molecular flexibility index (Phi) is 5.86. The monoisotopic (exact) mass is 248 g/mol. The van der Waals surface area contributed by atoms with Gasteiger partial charge in [-0.1, -0.05) is 44.2 Å². The number of amides is 1. The highest BCUT2D eigenvalue weighted by Gasteiger charge is 2.16. The molecule has 0 fully saturated rings. The first kappa shape index (κ1) is 14.7. The van der Waals surface area contributed by atoms with Crippen molar-refractivity contribution in [3.8, 4) is 0 Å². The first-order chi connectivity index (χ1) is 8.53. The summed E-state index contributed by atoms with van der Waals surface area (Å²) < 4.78 is 0. The Morgan fingerprint density at radius 1 is 1.28 bits per heavy atom. The first-order valence-corrected chi connectivity index (χ1v) is 6.54. The molecule has 1 amide bonds. The van der Waals surface area contributed by atoms with Crippen LogP contribution in [0, 0.1) is 5.41 Å². The van der Waals surface area contributed by atoms with Gasteiger partial charge in [-0.25, -0.2) is 0 Å². The van der Waals surface area contributed by atoms with E-state index < -0.39 is 0 Å². The molecular formula is C15H24N2O. The second kappa shape index (κ2) is 7.17. The lowest BCUT2D eigenvalue weighted by atomic mass is 9.94. The van der Waals surface area contributed by atoms with Crippen LogP contribution in [0.25, 0.3) is 0 Å². The van der Waals surface area contributed by atoms with Crippen LogP contribution in [-0.2, 0) is 11.2 Å². The van der Waals surface area contributed by atoms with Crippen molar-refractivity contribution in [1.82, 2.24) is 5.32 Å². The van der Waals surface area contributed by atoms with Crippen LogP contribution in [0.1, 0.15) is 32.3 Å². The van der Waals surface area contributed by atoms with Gasteiger partial charge in [0.15, 0.2) is 0 Å². The molecule has 1 aromatic carbocycles. The number of hydrogen-bond donors (Lipinski definition) is 2. The summed E-state index contributed by atoms with van der Waals surface area (Å²) in [6, 6.07) is 10.2. The lowest BCUT2D eigenvalue weighted by molar-refractivity contribution is -0.121. The molecule has 0 unspecified atom stereocenters. The zero-order valence-corrected chi connectivity index (χ0v) is 11.4. The second-order valence-corrected chi connectivity index (χ2v) is 5.48. The third-order valence-electron chi connectivity index (χ3n) is 3.03. The fourth-order valence-electron chi connectivity index (χ4n) is 1.60. The Balaban J connectivity index is 2.18. The molecule has 0 atom stereocenters. The third kappa shape index (κ3) is 5.82. The summed E-state index contributed by atoms with van der Waals surface area (Å²) in [5, 5.41) is 2.94. The number of carbonyl (C=O) groups excluding carboxylic acids is 1. The summed E-state index contributed by atoms with van der Waals surface area (Å²) in [5.74, 6) is 0.118. The molecule has 0 aromatic heterocycles. The topological polar surface area (TPSA) is 55.1 Å². The Bertz CT molecular complexity index is 360. The van der Waals surface area contributed by atoms with Crippen molar-refractivity contribution >= 4 is 5.91 Å². The van der Waals surface area contributed by atoms with Crippen molar-refractivity contribution in [1.29, 1.82) is 0 Å². The zero-order valence-electron chi connectivity index (χ0n) is 11.4. The smallest absolute Gasteiger partial charge is 0.220 e. The summed E-state index contributed by atoms with van der Waals surface area (Å²) in [5.41, 5.74) is 6.88. The number of rotatable bonds is 7. The molecule has 0 saturated heterocycles. The molecule has 3 nitrogen and oxygen atoms in total. The molecule has 0 aliphatic heterocycles. The van der Waals surface area contributed by atoms with E-state index in [0.29, 0.717) is 19.5 Å². The molecule has 1 aromatic rings. The molecule has 3 N–H and O–H groups in total. The van der Waals surface area contributed by atoms with Gasteiger partial charge in [0.05, 0.1) is 0 Å². The number of benzene rings is 1. The molecule has 100 valence electrons. The van der Waals surface area contributed by atoms with Crippen LogP contribution in [0.5, 0.6) is 0 Å². The maximum absolute atomic E-state index is 11.6. The first-order valence-electron chi connectivity index (χ1n) is 6.54. The van der Waals surface area contributed by atoms with Crippen molar-refractivity contribution in [2.75, 3.05) is 13.1 Å². The maximum atomic E-state index is 11.6. The number of carbonyl (C=O) groups is 1. The van der Waals surface area contributed by atoms with E-state index in [1.54, 1.807) is 0 Å². The van der Waals surface area contributed by atoms with Gasteiger partial charge >= 0.3 is 0 Å².